The lowest BCUT2D eigenvalue weighted by atomic mass is 9.92. The van der Waals surface area contributed by atoms with Gasteiger partial charge in [0.2, 0.25) is 10.9 Å². The van der Waals surface area contributed by atoms with Gasteiger partial charge < -0.3 is 8.83 Å². The Morgan fingerprint density at radius 1 is 0.310 bits per heavy atom. The van der Waals surface area contributed by atoms with E-state index in [0.717, 1.165) is 33.4 Å². The van der Waals surface area contributed by atoms with Gasteiger partial charge in [-0.1, -0.05) is 66.7 Å². The average Bonchev–Trinajstić information content (AvgIpc) is 3.05. The maximum Gasteiger partial charge on any atom is 0.200 e. The number of hydrogen-bond donors (Lipinski definition) is 0. The zero-order chi connectivity index (χ0) is 28.2. The molecule has 2 heterocycles. The van der Waals surface area contributed by atoms with Crippen LogP contribution in [0.3, 0.4) is 0 Å². The van der Waals surface area contributed by atoms with E-state index in [-0.39, 0.29) is 10.9 Å². The van der Waals surface area contributed by atoms with Crippen LogP contribution in [0.2, 0.25) is 0 Å². The van der Waals surface area contributed by atoms with Crippen molar-refractivity contribution in [1.82, 2.24) is 0 Å². The fourth-order valence-electron chi connectivity index (χ4n) is 5.72. The van der Waals surface area contributed by atoms with Crippen LogP contribution in [-0.4, -0.2) is 0 Å². The largest absolute Gasteiger partial charge is 0.456 e. The Morgan fingerprint density at radius 3 is 1.21 bits per heavy atom. The molecule has 4 heteroatoms. The van der Waals surface area contributed by atoms with Crippen molar-refractivity contribution in [2.75, 3.05) is 0 Å². The van der Waals surface area contributed by atoms with Gasteiger partial charge in [-0.15, -0.1) is 0 Å². The number of benzene rings is 6. The standard InChI is InChI=1S/C38H22O4/c39-37-29-10-4-6-12-33(29)41-35-16-14-24(21-31(35)37)27-18-26(23-8-2-1-3-9-23)19-28(20-27)25-15-17-36-32(22-25)38(40)30-11-5-7-13-34(30)42-36/h1-22H. The topological polar surface area (TPSA) is 60.4 Å². The summed E-state index contributed by atoms with van der Waals surface area (Å²) in [6.45, 7) is 0. The summed E-state index contributed by atoms with van der Waals surface area (Å²) in [4.78, 5) is 26.8. The van der Waals surface area contributed by atoms with Crippen molar-refractivity contribution in [2.45, 2.75) is 0 Å². The molecule has 0 spiro atoms. The van der Waals surface area contributed by atoms with Crippen LogP contribution in [0.25, 0.3) is 77.3 Å². The third-order valence-electron chi connectivity index (χ3n) is 7.86. The third kappa shape index (κ3) is 3.93. The smallest absolute Gasteiger partial charge is 0.200 e. The van der Waals surface area contributed by atoms with E-state index in [1.54, 1.807) is 12.1 Å². The summed E-state index contributed by atoms with van der Waals surface area (Å²) in [5.74, 6) is 0. The summed E-state index contributed by atoms with van der Waals surface area (Å²) in [5, 5.41) is 2.19. The van der Waals surface area contributed by atoms with E-state index in [0.29, 0.717) is 43.9 Å². The molecule has 6 aromatic carbocycles. The summed E-state index contributed by atoms with van der Waals surface area (Å²) in [6, 6.07) is 42.6. The molecule has 0 saturated carbocycles. The van der Waals surface area contributed by atoms with Gasteiger partial charge in [0.15, 0.2) is 0 Å². The molecule has 0 saturated heterocycles. The Morgan fingerprint density at radius 2 is 0.714 bits per heavy atom. The molecule has 0 aliphatic rings. The van der Waals surface area contributed by atoms with Crippen molar-refractivity contribution in [1.29, 1.82) is 0 Å². The van der Waals surface area contributed by atoms with Crippen LogP contribution in [0.5, 0.6) is 0 Å². The number of hydrogen-bond acceptors (Lipinski definition) is 4. The maximum atomic E-state index is 13.4. The zero-order valence-electron chi connectivity index (χ0n) is 22.3. The van der Waals surface area contributed by atoms with Gasteiger partial charge in [0.25, 0.3) is 0 Å². The highest BCUT2D eigenvalue weighted by atomic mass is 16.3. The summed E-state index contributed by atoms with van der Waals surface area (Å²) in [7, 11) is 0. The lowest BCUT2D eigenvalue weighted by molar-refractivity contribution is 0.659. The molecule has 0 unspecified atom stereocenters. The van der Waals surface area contributed by atoms with E-state index in [1.807, 2.05) is 91.0 Å². The van der Waals surface area contributed by atoms with E-state index in [1.165, 1.54) is 0 Å². The van der Waals surface area contributed by atoms with Crippen molar-refractivity contribution in [3.8, 4) is 33.4 Å². The Bertz CT molecular complexity index is 2300. The molecule has 4 nitrogen and oxygen atoms in total. The Hall–Kier alpha value is -5.74. The highest BCUT2D eigenvalue weighted by molar-refractivity contribution is 5.95. The van der Waals surface area contributed by atoms with Gasteiger partial charge in [-0.05, 0) is 100 Å². The maximum absolute atomic E-state index is 13.4. The van der Waals surface area contributed by atoms with Crippen molar-refractivity contribution in [3.05, 3.63) is 154 Å². The van der Waals surface area contributed by atoms with Gasteiger partial charge in [-0.2, -0.15) is 0 Å². The number of para-hydroxylation sites is 2. The second kappa shape index (κ2) is 9.43. The van der Waals surface area contributed by atoms with Gasteiger partial charge in [-0.3, -0.25) is 9.59 Å². The highest BCUT2D eigenvalue weighted by Gasteiger charge is 2.13. The van der Waals surface area contributed by atoms with Gasteiger partial charge in [0.1, 0.15) is 22.3 Å². The minimum absolute atomic E-state index is 0.0541. The molecule has 0 N–H and O–H groups in total. The summed E-state index contributed by atoms with van der Waals surface area (Å²) in [6.07, 6.45) is 0. The molecule has 0 amide bonds. The van der Waals surface area contributed by atoms with E-state index < -0.39 is 0 Å². The number of fused-ring (bicyclic) bond motifs is 4. The Balaban J connectivity index is 1.35. The van der Waals surface area contributed by atoms with E-state index in [9.17, 15) is 9.59 Å². The van der Waals surface area contributed by atoms with E-state index in [4.69, 9.17) is 8.83 Å². The molecule has 0 atom stereocenters. The summed E-state index contributed by atoms with van der Waals surface area (Å²) >= 11 is 0. The average molecular weight is 543 g/mol. The van der Waals surface area contributed by atoms with Gasteiger partial charge in [0.05, 0.1) is 21.5 Å². The van der Waals surface area contributed by atoms with E-state index >= 15 is 0 Å². The van der Waals surface area contributed by atoms with Gasteiger partial charge >= 0.3 is 0 Å². The first-order valence-corrected chi connectivity index (χ1v) is 13.7. The van der Waals surface area contributed by atoms with Crippen LogP contribution in [0, 0.1) is 0 Å². The molecular formula is C38H22O4. The fraction of sp³-hybridized carbons (Fsp3) is 0. The molecule has 42 heavy (non-hydrogen) atoms. The first-order valence-electron chi connectivity index (χ1n) is 13.7. The van der Waals surface area contributed by atoms with Crippen LogP contribution in [0.15, 0.2) is 152 Å². The molecule has 198 valence electrons. The molecule has 0 fully saturated rings. The van der Waals surface area contributed by atoms with Crippen LogP contribution >= 0.6 is 0 Å². The fourth-order valence-corrected chi connectivity index (χ4v) is 5.72. The molecule has 2 aromatic heterocycles. The van der Waals surface area contributed by atoms with Crippen LogP contribution < -0.4 is 10.9 Å². The van der Waals surface area contributed by atoms with Crippen molar-refractivity contribution in [3.63, 3.8) is 0 Å². The second-order valence-electron chi connectivity index (χ2n) is 10.4. The Labute approximate surface area is 239 Å². The predicted molar refractivity (Wildman–Crippen MR) is 170 cm³/mol. The molecule has 8 aromatic rings. The minimum Gasteiger partial charge on any atom is -0.456 e. The highest BCUT2D eigenvalue weighted by Crippen LogP contribution is 2.35. The SMILES string of the molecule is O=c1c2ccccc2oc2ccc(-c3cc(-c4ccccc4)cc(-c4ccc5oc6ccccc6c(=O)c5c4)c3)cc12. The molecule has 0 radical (unpaired) electrons. The Kier molecular flexibility index (Phi) is 5.41. The van der Waals surface area contributed by atoms with Gasteiger partial charge in [0, 0.05) is 0 Å². The van der Waals surface area contributed by atoms with Gasteiger partial charge in [-0.25, -0.2) is 0 Å². The normalized spacial score (nSPS) is 11.5. The molecule has 0 aliphatic heterocycles. The van der Waals surface area contributed by atoms with Crippen LogP contribution in [-0.2, 0) is 0 Å². The molecule has 0 bridgehead atoms. The van der Waals surface area contributed by atoms with Crippen molar-refractivity contribution >= 4 is 43.9 Å². The summed E-state index contributed by atoms with van der Waals surface area (Å²) < 4.78 is 12.1. The quantitative estimate of drug-likeness (QED) is 0.209. The zero-order valence-corrected chi connectivity index (χ0v) is 22.3. The van der Waals surface area contributed by atoms with Crippen molar-refractivity contribution in [2.24, 2.45) is 0 Å². The minimum atomic E-state index is -0.0541. The third-order valence-corrected chi connectivity index (χ3v) is 7.86. The van der Waals surface area contributed by atoms with Crippen LogP contribution in [0.1, 0.15) is 0 Å². The summed E-state index contributed by atoms with van der Waals surface area (Å²) in [5.41, 5.74) is 7.93. The van der Waals surface area contributed by atoms with Crippen molar-refractivity contribution < 1.29 is 8.83 Å². The lowest BCUT2D eigenvalue weighted by Gasteiger charge is -2.12. The lowest BCUT2D eigenvalue weighted by Crippen LogP contribution is -2.02. The predicted octanol–water partition coefficient (Wildman–Crippen LogP) is 9.21. The first kappa shape index (κ1) is 24.1. The number of rotatable bonds is 3. The molecular weight excluding hydrogens is 520 g/mol. The monoisotopic (exact) mass is 542 g/mol. The van der Waals surface area contributed by atoms with E-state index in [2.05, 4.69) is 30.3 Å². The van der Waals surface area contributed by atoms with Crippen LogP contribution in [0.4, 0.5) is 0 Å². The molecule has 8 rings (SSSR count). The first-order chi connectivity index (χ1) is 20.6. The molecule has 0 aliphatic carbocycles. The second-order valence-corrected chi connectivity index (χ2v) is 10.4.